The van der Waals surface area contributed by atoms with Crippen LogP contribution in [0.1, 0.15) is 46.4 Å². The van der Waals surface area contributed by atoms with Crippen molar-refractivity contribution in [3.05, 3.63) is 53.1 Å². The molecule has 0 bridgehead atoms. The van der Waals surface area contributed by atoms with Gasteiger partial charge >= 0.3 is 6.18 Å². The quantitative estimate of drug-likeness (QED) is 0.759. The molecule has 0 spiro atoms. The number of aromatic nitrogens is 4. The molecule has 26 heavy (non-hydrogen) atoms. The molecule has 1 atom stereocenters. The second kappa shape index (κ2) is 5.79. The van der Waals surface area contributed by atoms with Crippen LogP contribution in [0.5, 0.6) is 0 Å². The molecule has 1 unspecified atom stereocenters. The maximum Gasteiger partial charge on any atom is 0.417 e. The molecule has 3 aromatic heterocycles. The number of nitrogens with one attached hydrogen (secondary N) is 1. The number of pyridine rings is 2. The van der Waals surface area contributed by atoms with Crippen LogP contribution < -0.4 is 5.32 Å². The Kier molecular flexibility index (Phi) is 3.67. The van der Waals surface area contributed by atoms with E-state index >= 15 is 0 Å². The largest absolute Gasteiger partial charge is 0.417 e. The lowest BCUT2D eigenvalue weighted by Crippen LogP contribution is -2.16. The van der Waals surface area contributed by atoms with Crippen molar-refractivity contribution < 1.29 is 18.0 Å². The maximum absolute atomic E-state index is 12.7. The summed E-state index contributed by atoms with van der Waals surface area (Å²) in [5, 5.41) is 10.4. The summed E-state index contributed by atoms with van der Waals surface area (Å²) in [5.74, 6) is -0.140. The van der Waals surface area contributed by atoms with Gasteiger partial charge in [0.05, 0.1) is 11.1 Å². The number of aryl methyl sites for hydroxylation is 1. The van der Waals surface area contributed by atoms with Crippen LogP contribution in [0.25, 0.3) is 5.65 Å². The van der Waals surface area contributed by atoms with Gasteiger partial charge in [-0.15, -0.1) is 10.2 Å². The van der Waals surface area contributed by atoms with Crippen molar-refractivity contribution in [2.24, 2.45) is 0 Å². The zero-order chi connectivity index (χ0) is 18.5. The van der Waals surface area contributed by atoms with Gasteiger partial charge in [0, 0.05) is 11.9 Å². The number of hydrogen-bond donors (Lipinski definition) is 1. The summed E-state index contributed by atoms with van der Waals surface area (Å²) in [6.45, 7) is 2.08. The molecule has 1 amide bonds. The molecule has 3 heterocycles. The molecule has 0 aromatic carbocycles. The van der Waals surface area contributed by atoms with E-state index in [1.54, 1.807) is 16.8 Å². The fourth-order valence-electron chi connectivity index (χ4n) is 3.25. The van der Waals surface area contributed by atoms with Gasteiger partial charge in [-0.2, -0.15) is 13.2 Å². The minimum absolute atomic E-state index is 0.0363. The average molecular weight is 361 g/mol. The molecule has 1 N–H and O–H groups in total. The fraction of sp³-hybridized carbons (Fsp3) is 0.294. The zero-order valence-corrected chi connectivity index (χ0v) is 13.7. The normalized spacial score (nSPS) is 16.7. The third-order valence-corrected chi connectivity index (χ3v) is 4.63. The lowest BCUT2D eigenvalue weighted by Gasteiger charge is -2.11. The van der Waals surface area contributed by atoms with Gasteiger partial charge < -0.3 is 5.32 Å². The predicted molar refractivity (Wildman–Crippen MR) is 86.9 cm³/mol. The molecular weight excluding hydrogens is 347 g/mol. The Labute approximate surface area is 146 Å². The van der Waals surface area contributed by atoms with Gasteiger partial charge in [-0.25, -0.2) is 4.98 Å². The third-order valence-electron chi connectivity index (χ3n) is 4.63. The number of carbonyl (C=O) groups is 1. The first-order chi connectivity index (χ1) is 12.3. The first-order valence-electron chi connectivity index (χ1n) is 8.04. The first-order valence-corrected chi connectivity index (χ1v) is 8.04. The summed E-state index contributed by atoms with van der Waals surface area (Å²) in [5.41, 5.74) is 2.00. The van der Waals surface area contributed by atoms with E-state index in [1.807, 2.05) is 0 Å². The summed E-state index contributed by atoms with van der Waals surface area (Å²) in [6.07, 6.45) is -0.354. The lowest BCUT2D eigenvalue weighted by atomic mass is 10.0. The van der Waals surface area contributed by atoms with Crippen LogP contribution in [-0.4, -0.2) is 25.5 Å². The molecule has 134 valence electrons. The lowest BCUT2D eigenvalue weighted by molar-refractivity contribution is -0.137. The van der Waals surface area contributed by atoms with Crippen LogP contribution in [0.4, 0.5) is 19.0 Å². The molecule has 1 aliphatic carbocycles. The highest BCUT2D eigenvalue weighted by molar-refractivity contribution is 6.08. The van der Waals surface area contributed by atoms with Gasteiger partial charge in [0.2, 0.25) is 0 Å². The van der Waals surface area contributed by atoms with Crippen molar-refractivity contribution in [3.8, 4) is 0 Å². The van der Waals surface area contributed by atoms with E-state index in [9.17, 15) is 18.0 Å². The molecule has 6 nitrogen and oxygen atoms in total. The number of halogens is 3. The number of nitrogens with zero attached hydrogens (tertiary/aromatic N) is 4. The van der Waals surface area contributed by atoms with Crippen LogP contribution in [0.15, 0.2) is 30.7 Å². The molecule has 9 heteroatoms. The second-order valence-corrected chi connectivity index (χ2v) is 6.31. The molecule has 0 radical (unpaired) electrons. The Morgan fingerprint density at radius 2 is 2.15 bits per heavy atom. The number of fused-ring (bicyclic) bond motifs is 3. The molecule has 0 aliphatic heterocycles. The van der Waals surface area contributed by atoms with Crippen LogP contribution >= 0.6 is 0 Å². The summed E-state index contributed by atoms with van der Waals surface area (Å²) >= 11 is 0. The number of anilines is 1. The van der Waals surface area contributed by atoms with E-state index in [1.165, 1.54) is 0 Å². The fourth-order valence-corrected chi connectivity index (χ4v) is 3.25. The molecular formula is C17H14F3N5O. The van der Waals surface area contributed by atoms with Gasteiger partial charge in [0.1, 0.15) is 12.1 Å². The summed E-state index contributed by atoms with van der Waals surface area (Å²) in [7, 11) is 0. The number of rotatable bonds is 2. The summed E-state index contributed by atoms with van der Waals surface area (Å²) < 4.78 is 39.6. The van der Waals surface area contributed by atoms with E-state index in [0.717, 1.165) is 36.2 Å². The third kappa shape index (κ3) is 2.69. The Balaban J connectivity index is 1.67. The van der Waals surface area contributed by atoms with Gasteiger partial charge in [0.25, 0.3) is 5.91 Å². The Bertz CT molecular complexity index is 994. The maximum atomic E-state index is 12.7. The van der Waals surface area contributed by atoms with Crippen LogP contribution in [0.3, 0.4) is 0 Å². The first kappa shape index (κ1) is 16.5. The smallest absolute Gasteiger partial charge is 0.306 e. The monoisotopic (exact) mass is 361 g/mol. The molecule has 0 saturated carbocycles. The molecule has 0 saturated heterocycles. The number of hydrogen-bond acceptors (Lipinski definition) is 4. The van der Waals surface area contributed by atoms with E-state index in [0.29, 0.717) is 23.3 Å². The summed E-state index contributed by atoms with van der Waals surface area (Å²) in [6, 6.07) is 3.79. The highest BCUT2D eigenvalue weighted by Gasteiger charge is 2.31. The highest BCUT2D eigenvalue weighted by Crippen LogP contribution is 2.34. The minimum Gasteiger partial charge on any atom is -0.306 e. The summed E-state index contributed by atoms with van der Waals surface area (Å²) in [4.78, 5) is 16.3. The Hall–Kier alpha value is -2.97. The Morgan fingerprint density at radius 1 is 1.35 bits per heavy atom. The van der Waals surface area contributed by atoms with Gasteiger partial charge in [0.15, 0.2) is 5.65 Å². The minimum atomic E-state index is -4.47. The van der Waals surface area contributed by atoms with Gasteiger partial charge in [-0.3, -0.25) is 9.20 Å². The van der Waals surface area contributed by atoms with Gasteiger partial charge in [-0.05, 0) is 42.5 Å². The van der Waals surface area contributed by atoms with Crippen molar-refractivity contribution in [2.75, 3.05) is 5.32 Å². The van der Waals surface area contributed by atoms with Crippen molar-refractivity contribution in [1.29, 1.82) is 0 Å². The van der Waals surface area contributed by atoms with Crippen LogP contribution in [0, 0.1) is 0 Å². The SMILES string of the molecule is CC1CCc2c1cc(C(=O)Nc1ccc(C(F)(F)F)cn1)c1nncn21. The predicted octanol–water partition coefficient (Wildman–Crippen LogP) is 3.45. The molecule has 4 rings (SSSR count). The van der Waals surface area contributed by atoms with E-state index in [4.69, 9.17) is 0 Å². The average Bonchev–Trinajstić information content (AvgIpc) is 3.20. The second-order valence-electron chi connectivity index (χ2n) is 6.31. The van der Waals surface area contributed by atoms with Crippen molar-refractivity contribution in [2.45, 2.75) is 31.9 Å². The van der Waals surface area contributed by atoms with E-state index in [2.05, 4.69) is 27.4 Å². The van der Waals surface area contributed by atoms with E-state index in [-0.39, 0.29) is 5.82 Å². The number of alkyl halides is 3. The number of carbonyl (C=O) groups excluding carboxylic acids is 1. The van der Waals surface area contributed by atoms with Crippen molar-refractivity contribution in [3.63, 3.8) is 0 Å². The number of amides is 1. The topological polar surface area (TPSA) is 72.2 Å². The molecule has 1 aliphatic rings. The van der Waals surface area contributed by atoms with Crippen molar-refractivity contribution in [1.82, 2.24) is 19.6 Å². The molecule has 0 fully saturated rings. The van der Waals surface area contributed by atoms with Crippen LogP contribution in [-0.2, 0) is 12.6 Å². The van der Waals surface area contributed by atoms with Crippen molar-refractivity contribution >= 4 is 17.4 Å². The Morgan fingerprint density at radius 3 is 2.85 bits per heavy atom. The van der Waals surface area contributed by atoms with Gasteiger partial charge in [-0.1, -0.05) is 6.92 Å². The highest BCUT2D eigenvalue weighted by atomic mass is 19.4. The standard InChI is InChI=1S/C17H14F3N5O/c1-9-2-4-13-11(9)6-12(15-24-22-8-25(13)15)16(26)23-14-5-3-10(7-21-14)17(18,19)20/h3,5-9H,2,4H2,1H3,(H,21,23,26). The zero-order valence-electron chi connectivity index (χ0n) is 13.7. The van der Waals surface area contributed by atoms with E-state index < -0.39 is 17.6 Å². The van der Waals surface area contributed by atoms with Crippen LogP contribution in [0.2, 0.25) is 0 Å². The molecule has 3 aromatic rings.